The second-order valence-corrected chi connectivity index (χ2v) is 8.54. The van der Waals surface area contributed by atoms with Gasteiger partial charge in [-0.2, -0.15) is 0 Å². The lowest BCUT2D eigenvalue weighted by atomic mass is 9.89. The second-order valence-electron chi connectivity index (χ2n) is 8.54. The normalized spacial score (nSPS) is 19.1. The summed E-state index contributed by atoms with van der Waals surface area (Å²) in [5.74, 6) is 0.119. The summed E-state index contributed by atoms with van der Waals surface area (Å²) < 4.78 is 10.6. The van der Waals surface area contributed by atoms with E-state index >= 15 is 0 Å². The van der Waals surface area contributed by atoms with Gasteiger partial charge >= 0.3 is 12.2 Å². The molecule has 0 spiro atoms. The predicted molar refractivity (Wildman–Crippen MR) is 125 cm³/mol. The van der Waals surface area contributed by atoms with Crippen LogP contribution < -0.4 is 10.6 Å². The summed E-state index contributed by atoms with van der Waals surface area (Å²) in [5.41, 5.74) is 1.84. The number of alkyl carbamates (subject to hydrolysis) is 2. The Labute approximate surface area is 195 Å². The maximum atomic E-state index is 12.4. The van der Waals surface area contributed by atoms with Gasteiger partial charge in [0.05, 0.1) is 6.10 Å². The summed E-state index contributed by atoms with van der Waals surface area (Å²) in [7, 11) is 0. The minimum absolute atomic E-state index is 0.0598. The molecule has 2 aromatic carbocycles. The van der Waals surface area contributed by atoms with Crippen LogP contribution >= 0.6 is 0 Å². The number of hydrogen-bond acceptors (Lipinski definition) is 5. The molecule has 7 heteroatoms. The van der Waals surface area contributed by atoms with E-state index in [2.05, 4.69) is 10.6 Å². The van der Waals surface area contributed by atoms with Crippen molar-refractivity contribution in [3.63, 3.8) is 0 Å². The molecule has 3 N–H and O–H groups in total. The fourth-order valence-corrected chi connectivity index (χ4v) is 4.18. The van der Waals surface area contributed by atoms with Crippen LogP contribution in [0.2, 0.25) is 0 Å². The summed E-state index contributed by atoms with van der Waals surface area (Å²) in [6, 6.07) is 18.9. The molecule has 7 nitrogen and oxygen atoms in total. The molecule has 3 atom stereocenters. The van der Waals surface area contributed by atoms with E-state index in [1.165, 1.54) is 0 Å². The van der Waals surface area contributed by atoms with Gasteiger partial charge in [0.25, 0.3) is 0 Å². The summed E-state index contributed by atoms with van der Waals surface area (Å²) in [5, 5.41) is 16.1. The zero-order valence-corrected chi connectivity index (χ0v) is 18.9. The summed E-state index contributed by atoms with van der Waals surface area (Å²) >= 11 is 0. The number of rotatable bonds is 9. The Balaban J connectivity index is 1.41. The van der Waals surface area contributed by atoms with Crippen molar-refractivity contribution in [1.82, 2.24) is 10.6 Å². The third-order valence-corrected chi connectivity index (χ3v) is 5.94. The number of carbonyl (C=O) groups is 2. The third-order valence-electron chi connectivity index (χ3n) is 5.94. The smallest absolute Gasteiger partial charge is 0.407 e. The first kappa shape index (κ1) is 24.6. The van der Waals surface area contributed by atoms with Crippen molar-refractivity contribution in [3.05, 3.63) is 71.8 Å². The van der Waals surface area contributed by atoms with Crippen LogP contribution in [0.3, 0.4) is 0 Å². The van der Waals surface area contributed by atoms with Gasteiger partial charge in [-0.1, -0.05) is 79.9 Å². The predicted octanol–water partition coefficient (Wildman–Crippen LogP) is 4.54. The van der Waals surface area contributed by atoms with Crippen LogP contribution in [0.1, 0.15) is 49.7 Å². The second kappa shape index (κ2) is 13.5. The molecular formula is C26H34N2O5. The molecule has 3 rings (SSSR count). The molecule has 0 aromatic heterocycles. The van der Waals surface area contributed by atoms with Gasteiger partial charge in [0.15, 0.2) is 0 Å². The van der Waals surface area contributed by atoms with E-state index in [-0.39, 0.29) is 31.7 Å². The number of benzene rings is 2. The Morgan fingerprint density at radius 2 is 1.42 bits per heavy atom. The van der Waals surface area contributed by atoms with Crippen LogP contribution in [0.25, 0.3) is 0 Å². The van der Waals surface area contributed by atoms with Gasteiger partial charge in [-0.3, -0.25) is 0 Å². The highest BCUT2D eigenvalue weighted by molar-refractivity contribution is 5.67. The number of nitrogens with one attached hydrogen (secondary N) is 2. The Morgan fingerprint density at radius 3 is 2.06 bits per heavy atom. The molecule has 1 aliphatic carbocycles. The van der Waals surface area contributed by atoms with E-state index < -0.39 is 18.3 Å². The molecule has 2 amide bonds. The van der Waals surface area contributed by atoms with Gasteiger partial charge < -0.3 is 25.2 Å². The molecule has 0 aliphatic heterocycles. The van der Waals surface area contributed by atoms with Crippen molar-refractivity contribution in [3.8, 4) is 0 Å². The maximum Gasteiger partial charge on any atom is 0.407 e. The number of aliphatic hydroxyl groups excluding tert-OH is 1. The Morgan fingerprint density at radius 1 is 0.848 bits per heavy atom. The monoisotopic (exact) mass is 454 g/mol. The molecule has 2 aromatic rings. The molecular weight excluding hydrogens is 420 g/mol. The molecule has 1 fully saturated rings. The topological polar surface area (TPSA) is 96.9 Å². The lowest BCUT2D eigenvalue weighted by Crippen LogP contribution is -2.42. The average Bonchev–Trinajstić information content (AvgIpc) is 3.06. The lowest BCUT2D eigenvalue weighted by Gasteiger charge is -2.27. The van der Waals surface area contributed by atoms with Crippen LogP contribution in [-0.2, 0) is 22.7 Å². The van der Waals surface area contributed by atoms with Crippen molar-refractivity contribution in [2.45, 2.75) is 63.9 Å². The van der Waals surface area contributed by atoms with E-state index in [4.69, 9.17) is 9.47 Å². The number of aliphatic hydroxyl groups is 1. The van der Waals surface area contributed by atoms with Crippen molar-refractivity contribution in [2.24, 2.45) is 5.92 Å². The molecule has 1 aliphatic rings. The van der Waals surface area contributed by atoms with Crippen molar-refractivity contribution in [1.29, 1.82) is 0 Å². The molecule has 1 unspecified atom stereocenters. The van der Waals surface area contributed by atoms with Crippen molar-refractivity contribution in [2.75, 3.05) is 6.54 Å². The molecule has 178 valence electrons. The van der Waals surface area contributed by atoms with Crippen LogP contribution in [-0.4, -0.2) is 36.0 Å². The fourth-order valence-electron chi connectivity index (χ4n) is 4.18. The Hall–Kier alpha value is -3.06. The van der Waals surface area contributed by atoms with E-state index in [0.717, 1.165) is 43.2 Å². The maximum absolute atomic E-state index is 12.4. The van der Waals surface area contributed by atoms with Crippen molar-refractivity contribution >= 4 is 12.2 Å². The molecule has 1 saturated carbocycles. The van der Waals surface area contributed by atoms with Gasteiger partial charge in [0.2, 0.25) is 0 Å². The zero-order chi connectivity index (χ0) is 23.3. The molecule has 0 bridgehead atoms. The van der Waals surface area contributed by atoms with Gasteiger partial charge in [0, 0.05) is 12.6 Å². The minimum Gasteiger partial charge on any atom is -0.445 e. The summed E-state index contributed by atoms with van der Waals surface area (Å²) in [4.78, 5) is 24.3. The average molecular weight is 455 g/mol. The number of carbonyl (C=O) groups excluding carboxylic acids is 2. The largest absolute Gasteiger partial charge is 0.445 e. The van der Waals surface area contributed by atoms with Crippen LogP contribution in [0.15, 0.2) is 60.7 Å². The number of hydrogen-bond donors (Lipinski definition) is 3. The Bertz CT molecular complexity index is 846. The molecule has 0 saturated heterocycles. The zero-order valence-electron chi connectivity index (χ0n) is 18.9. The van der Waals surface area contributed by atoms with E-state index in [1.54, 1.807) is 0 Å². The lowest BCUT2D eigenvalue weighted by molar-refractivity contribution is 0.103. The highest BCUT2D eigenvalue weighted by atomic mass is 16.6. The first-order valence-electron chi connectivity index (χ1n) is 11.7. The quantitative estimate of drug-likeness (QED) is 0.484. The SMILES string of the molecule is O=C(NCC(O)C[C@@H]1CCCCC[C@H]1NC(=O)OCc1ccccc1)OCc1ccccc1. The van der Waals surface area contributed by atoms with E-state index in [9.17, 15) is 14.7 Å². The van der Waals surface area contributed by atoms with Gasteiger partial charge in [0.1, 0.15) is 13.2 Å². The standard InChI is InChI=1S/C26H34N2O5/c29-23(17-27-25(30)32-18-20-10-4-1-5-11-20)16-22-14-8-3-9-15-24(22)28-26(31)33-19-21-12-6-2-7-13-21/h1-2,4-7,10-13,22-24,29H,3,8-9,14-19H2,(H,27,30)(H,28,31)/t22-,23?,24+/m0/s1. The van der Waals surface area contributed by atoms with E-state index in [1.807, 2.05) is 60.7 Å². The molecule has 33 heavy (non-hydrogen) atoms. The first-order chi connectivity index (χ1) is 16.1. The van der Waals surface area contributed by atoms with Crippen LogP contribution in [0.5, 0.6) is 0 Å². The van der Waals surface area contributed by atoms with Gasteiger partial charge in [-0.15, -0.1) is 0 Å². The minimum atomic E-state index is -0.720. The van der Waals surface area contributed by atoms with Crippen molar-refractivity contribution < 1.29 is 24.2 Å². The van der Waals surface area contributed by atoms with E-state index in [0.29, 0.717) is 6.42 Å². The number of ether oxygens (including phenoxy) is 2. The Kier molecular flexibility index (Phi) is 10.0. The summed E-state index contributed by atoms with van der Waals surface area (Å²) in [6.07, 6.45) is 3.73. The van der Waals surface area contributed by atoms with Crippen LogP contribution in [0, 0.1) is 5.92 Å². The fraction of sp³-hybridized carbons (Fsp3) is 0.462. The number of amides is 2. The highest BCUT2D eigenvalue weighted by Crippen LogP contribution is 2.27. The highest BCUT2D eigenvalue weighted by Gasteiger charge is 2.28. The first-order valence-corrected chi connectivity index (χ1v) is 11.7. The molecule has 0 heterocycles. The van der Waals surface area contributed by atoms with Crippen LogP contribution in [0.4, 0.5) is 9.59 Å². The van der Waals surface area contributed by atoms with Gasteiger partial charge in [-0.25, -0.2) is 9.59 Å². The van der Waals surface area contributed by atoms with Gasteiger partial charge in [-0.05, 0) is 36.3 Å². The summed E-state index contributed by atoms with van der Waals surface area (Å²) in [6.45, 7) is 0.513. The molecule has 0 radical (unpaired) electrons. The third kappa shape index (κ3) is 9.14.